The van der Waals surface area contributed by atoms with Gasteiger partial charge in [0.05, 0.1) is 12.7 Å². The van der Waals surface area contributed by atoms with Crippen molar-refractivity contribution in [2.75, 3.05) is 13.1 Å². The fourth-order valence-electron chi connectivity index (χ4n) is 1.08. The predicted octanol–water partition coefficient (Wildman–Crippen LogP) is -0.158. The third kappa shape index (κ3) is 4.59. The van der Waals surface area contributed by atoms with Gasteiger partial charge in [-0.3, -0.25) is 0 Å². The molecule has 5 heteroatoms. The lowest BCUT2D eigenvalue weighted by molar-refractivity contribution is 0.186. The molecule has 0 saturated heterocycles. The second kappa shape index (κ2) is 8.06. The third-order valence-corrected chi connectivity index (χ3v) is 1.88. The SMILES string of the molecule is CCN.NCC(O)c1ccc(O)c(CO)c1. The van der Waals surface area contributed by atoms with Crippen molar-refractivity contribution in [3.63, 3.8) is 0 Å². The quantitative estimate of drug-likeness (QED) is 0.493. The second-order valence-electron chi connectivity index (χ2n) is 3.21. The van der Waals surface area contributed by atoms with Crippen LogP contribution in [0.15, 0.2) is 18.2 Å². The van der Waals surface area contributed by atoms with Crippen molar-refractivity contribution >= 4 is 0 Å². The third-order valence-electron chi connectivity index (χ3n) is 1.88. The lowest BCUT2D eigenvalue weighted by Crippen LogP contribution is -2.11. The zero-order valence-corrected chi connectivity index (χ0v) is 9.43. The van der Waals surface area contributed by atoms with Gasteiger partial charge in [0.2, 0.25) is 0 Å². The minimum absolute atomic E-state index is 0.0236. The maximum Gasteiger partial charge on any atom is 0.121 e. The Morgan fingerprint density at radius 3 is 2.31 bits per heavy atom. The minimum Gasteiger partial charge on any atom is -0.508 e. The van der Waals surface area contributed by atoms with E-state index in [9.17, 15) is 10.2 Å². The number of aliphatic hydroxyl groups is 2. The minimum atomic E-state index is -0.745. The van der Waals surface area contributed by atoms with Gasteiger partial charge >= 0.3 is 0 Å². The van der Waals surface area contributed by atoms with Crippen molar-refractivity contribution in [3.05, 3.63) is 29.3 Å². The summed E-state index contributed by atoms with van der Waals surface area (Å²) < 4.78 is 0. The summed E-state index contributed by atoms with van der Waals surface area (Å²) in [4.78, 5) is 0. The summed E-state index contributed by atoms with van der Waals surface area (Å²) in [5, 5.41) is 27.4. The molecule has 0 saturated carbocycles. The summed E-state index contributed by atoms with van der Waals surface area (Å²) >= 11 is 0. The summed E-state index contributed by atoms with van der Waals surface area (Å²) in [7, 11) is 0. The van der Waals surface area contributed by atoms with E-state index >= 15 is 0 Å². The molecule has 1 aromatic rings. The van der Waals surface area contributed by atoms with E-state index in [1.807, 2.05) is 6.92 Å². The molecule has 92 valence electrons. The maximum absolute atomic E-state index is 9.35. The Kier molecular flexibility index (Phi) is 7.49. The Morgan fingerprint density at radius 2 is 1.88 bits per heavy atom. The Hall–Kier alpha value is -1.14. The molecule has 0 radical (unpaired) electrons. The van der Waals surface area contributed by atoms with Crippen molar-refractivity contribution < 1.29 is 15.3 Å². The predicted molar refractivity (Wildman–Crippen MR) is 62.8 cm³/mol. The molecular weight excluding hydrogens is 208 g/mol. The number of aliphatic hydroxyl groups excluding tert-OH is 2. The molecular formula is C11H20N2O3. The van der Waals surface area contributed by atoms with Gasteiger partial charge < -0.3 is 26.8 Å². The molecule has 1 aromatic carbocycles. The number of aromatic hydroxyl groups is 1. The van der Waals surface area contributed by atoms with Crippen LogP contribution in [0.5, 0.6) is 5.75 Å². The molecule has 1 rings (SSSR count). The van der Waals surface area contributed by atoms with Gasteiger partial charge in [0.15, 0.2) is 0 Å². The lowest BCUT2D eigenvalue weighted by Gasteiger charge is -2.09. The lowest BCUT2D eigenvalue weighted by atomic mass is 10.1. The van der Waals surface area contributed by atoms with Gasteiger partial charge in [-0.25, -0.2) is 0 Å². The van der Waals surface area contributed by atoms with E-state index in [0.29, 0.717) is 11.1 Å². The highest BCUT2D eigenvalue weighted by molar-refractivity contribution is 5.36. The topological polar surface area (TPSA) is 113 Å². The van der Waals surface area contributed by atoms with Crippen LogP contribution in [0.4, 0.5) is 0 Å². The molecule has 1 unspecified atom stereocenters. The van der Waals surface area contributed by atoms with Crippen molar-refractivity contribution in [1.29, 1.82) is 0 Å². The number of rotatable bonds is 3. The van der Waals surface area contributed by atoms with E-state index in [1.54, 1.807) is 6.07 Å². The zero-order valence-electron chi connectivity index (χ0n) is 9.43. The Bertz CT molecular complexity index is 305. The van der Waals surface area contributed by atoms with Gasteiger partial charge in [-0.05, 0) is 24.2 Å². The van der Waals surface area contributed by atoms with Crippen LogP contribution in [0.25, 0.3) is 0 Å². The summed E-state index contributed by atoms with van der Waals surface area (Å²) in [6.07, 6.45) is -0.745. The van der Waals surface area contributed by atoms with E-state index in [4.69, 9.17) is 16.6 Å². The van der Waals surface area contributed by atoms with Gasteiger partial charge in [-0.1, -0.05) is 13.0 Å². The molecule has 0 bridgehead atoms. The first-order chi connectivity index (χ1) is 7.60. The Morgan fingerprint density at radius 1 is 1.31 bits per heavy atom. The molecule has 0 aliphatic carbocycles. The molecule has 5 nitrogen and oxygen atoms in total. The van der Waals surface area contributed by atoms with Crippen LogP contribution < -0.4 is 11.5 Å². The summed E-state index contributed by atoms with van der Waals surface area (Å²) in [6, 6.07) is 4.54. The molecule has 0 aromatic heterocycles. The number of hydrogen-bond acceptors (Lipinski definition) is 5. The molecule has 0 spiro atoms. The molecule has 0 aliphatic rings. The number of hydrogen-bond donors (Lipinski definition) is 5. The van der Waals surface area contributed by atoms with Crippen molar-refractivity contribution in [1.82, 2.24) is 0 Å². The molecule has 1 atom stereocenters. The van der Waals surface area contributed by atoms with E-state index in [-0.39, 0.29) is 18.9 Å². The molecule has 16 heavy (non-hydrogen) atoms. The van der Waals surface area contributed by atoms with Gasteiger partial charge in [-0.2, -0.15) is 0 Å². The zero-order chi connectivity index (χ0) is 12.6. The largest absolute Gasteiger partial charge is 0.508 e. The molecule has 0 amide bonds. The number of nitrogens with two attached hydrogens (primary N) is 2. The first-order valence-electron chi connectivity index (χ1n) is 5.11. The second-order valence-corrected chi connectivity index (χ2v) is 3.21. The Labute approximate surface area is 95.3 Å². The van der Waals surface area contributed by atoms with E-state index in [0.717, 1.165) is 6.54 Å². The number of phenols is 1. The molecule has 0 aliphatic heterocycles. The number of benzene rings is 1. The fourth-order valence-corrected chi connectivity index (χ4v) is 1.08. The van der Waals surface area contributed by atoms with Crippen LogP contribution in [0.1, 0.15) is 24.2 Å². The van der Waals surface area contributed by atoms with E-state index in [2.05, 4.69) is 0 Å². The molecule has 0 heterocycles. The van der Waals surface area contributed by atoms with Crippen LogP contribution in [-0.2, 0) is 6.61 Å². The smallest absolute Gasteiger partial charge is 0.121 e. The van der Waals surface area contributed by atoms with Crippen LogP contribution in [0.3, 0.4) is 0 Å². The monoisotopic (exact) mass is 228 g/mol. The maximum atomic E-state index is 9.35. The van der Waals surface area contributed by atoms with Crippen molar-refractivity contribution in [2.45, 2.75) is 19.6 Å². The first-order valence-corrected chi connectivity index (χ1v) is 5.11. The average Bonchev–Trinajstić information content (AvgIpc) is 2.29. The van der Waals surface area contributed by atoms with E-state index in [1.165, 1.54) is 12.1 Å². The van der Waals surface area contributed by atoms with Gasteiger partial charge in [0.25, 0.3) is 0 Å². The fraction of sp³-hybridized carbons (Fsp3) is 0.455. The van der Waals surface area contributed by atoms with Gasteiger partial charge in [-0.15, -0.1) is 0 Å². The highest BCUT2D eigenvalue weighted by Gasteiger charge is 2.07. The molecule has 0 fully saturated rings. The van der Waals surface area contributed by atoms with Crippen molar-refractivity contribution in [2.24, 2.45) is 11.5 Å². The highest BCUT2D eigenvalue weighted by atomic mass is 16.3. The van der Waals surface area contributed by atoms with Crippen LogP contribution in [0, 0.1) is 0 Å². The van der Waals surface area contributed by atoms with Crippen LogP contribution in [-0.4, -0.2) is 28.4 Å². The highest BCUT2D eigenvalue weighted by Crippen LogP contribution is 2.21. The van der Waals surface area contributed by atoms with Gasteiger partial charge in [0.1, 0.15) is 5.75 Å². The molecule has 7 N–H and O–H groups in total. The van der Waals surface area contributed by atoms with Crippen LogP contribution in [0.2, 0.25) is 0 Å². The first kappa shape index (κ1) is 14.9. The average molecular weight is 228 g/mol. The van der Waals surface area contributed by atoms with Crippen molar-refractivity contribution in [3.8, 4) is 5.75 Å². The summed E-state index contributed by atoms with van der Waals surface area (Å²) in [5.41, 5.74) is 11.1. The van der Waals surface area contributed by atoms with E-state index < -0.39 is 6.10 Å². The summed E-state index contributed by atoms with van der Waals surface area (Å²) in [6.45, 7) is 2.52. The Balaban J connectivity index is 0.000000673. The summed E-state index contributed by atoms with van der Waals surface area (Å²) in [5.74, 6) is 0.0236. The van der Waals surface area contributed by atoms with Gasteiger partial charge in [0, 0.05) is 12.1 Å². The van der Waals surface area contributed by atoms with Crippen LogP contribution >= 0.6 is 0 Å². The normalized spacial score (nSPS) is 11.6. The standard InChI is InChI=1S/C9H13NO3.C2H7N/c10-4-9(13)6-1-2-8(12)7(3-6)5-11;1-2-3/h1-3,9,11-13H,4-5,10H2;2-3H2,1H3.